The van der Waals surface area contributed by atoms with E-state index in [1.807, 2.05) is 12.3 Å². The van der Waals surface area contributed by atoms with E-state index in [2.05, 4.69) is 36.4 Å². The molecular weight excluding hydrogens is 382 g/mol. The normalized spacial score (nSPS) is 29.3. The molecule has 0 bridgehead atoms. The fourth-order valence-electron chi connectivity index (χ4n) is 6.80. The average Bonchev–Trinajstić information content (AvgIpc) is 3.38. The maximum atomic E-state index is 10.6. The Labute approximate surface area is 187 Å². The molecule has 2 aromatic rings. The van der Waals surface area contributed by atoms with E-state index in [-0.39, 0.29) is 17.1 Å². The van der Waals surface area contributed by atoms with Crippen LogP contribution in [0.5, 0.6) is 0 Å². The Morgan fingerprint density at radius 1 is 0.968 bits per heavy atom. The number of hydrogen-bond donors (Lipinski definition) is 1. The lowest BCUT2D eigenvalue weighted by Gasteiger charge is -2.46. The second-order valence-corrected chi connectivity index (χ2v) is 10.3. The van der Waals surface area contributed by atoms with Crippen LogP contribution in [0.3, 0.4) is 0 Å². The number of fused-ring (bicyclic) bond motifs is 1. The molecule has 31 heavy (non-hydrogen) atoms. The molecule has 0 amide bonds. The minimum absolute atomic E-state index is 0.105. The number of benzene rings is 1. The molecular formula is C28H37NO2. The standard InChI is InChI=1S/C28H37NO2/c30-25-20-22-10-3-4-11-23(22)24(25)12-2-1-6-14-27(26-13-5-9-18-29-26)17-19-31-28(21-27)15-7-8-16-28/h3-5,9-11,13,18,24-25,30H,1-2,6-8,12,14-17,19-21H2/t24?,25-,27?/m0/s1. The minimum Gasteiger partial charge on any atom is -0.392 e. The number of aromatic nitrogens is 1. The number of aliphatic hydroxyl groups is 1. The summed E-state index contributed by atoms with van der Waals surface area (Å²) in [6.07, 6.45) is 15.9. The SMILES string of the molecule is O[C@H]1Cc2ccccc2C1CCCCCC1(c2ccccn2)CCOC2(CCCC2)C1. The van der Waals surface area contributed by atoms with Gasteiger partial charge in [-0.3, -0.25) is 4.98 Å². The van der Waals surface area contributed by atoms with Crippen molar-refractivity contribution in [2.24, 2.45) is 0 Å². The van der Waals surface area contributed by atoms with Crippen LogP contribution in [0.4, 0.5) is 0 Å². The third kappa shape index (κ3) is 4.32. The number of unbranched alkanes of at least 4 members (excludes halogenated alkanes) is 2. The smallest absolute Gasteiger partial charge is 0.0691 e. The van der Waals surface area contributed by atoms with Gasteiger partial charge in [0.05, 0.1) is 11.7 Å². The van der Waals surface area contributed by atoms with E-state index in [1.165, 1.54) is 68.2 Å². The number of pyridine rings is 1. The van der Waals surface area contributed by atoms with Gasteiger partial charge in [0.25, 0.3) is 0 Å². The Morgan fingerprint density at radius 2 is 1.81 bits per heavy atom. The lowest BCUT2D eigenvalue weighted by Crippen LogP contribution is -2.46. The first-order chi connectivity index (χ1) is 15.2. The molecule has 1 saturated carbocycles. The summed E-state index contributed by atoms with van der Waals surface area (Å²) in [7, 11) is 0. The van der Waals surface area contributed by atoms with Crippen molar-refractivity contribution in [3.05, 3.63) is 65.5 Å². The second-order valence-electron chi connectivity index (χ2n) is 10.3. The number of rotatable bonds is 7. The van der Waals surface area contributed by atoms with Crippen LogP contribution in [-0.2, 0) is 16.6 Å². The predicted molar refractivity (Wildman–Crippen MR) is 124 cm³/mol. The summed E-state index contributed by atoms with van der Waals surface area (Å²) < 4.78 is 6.39. The van der Waals surface area contributed by atoms with Crippen LogP contribution in [-0.4, -0.2) is 28.4 Å². The molecule has 1 aromatic heterocycles. The molecule has 1 aliphatic heterocycles. The molecule has 1 N–H and O–H groups in total. The predicted octanol–water partition coefficient (Wildman–Crippen LogP) is 6.09. The lowest BCUT2D eigenvalue weighted by atomic mass is 9.67. The molecule has 3 aliphatic rings. The summed E-state index contributed by atoms with van der Waals surface area (Å²) in [6.45, 7) is 0.877. The van der Waals surface area contributed by atoms with E-state index < -0.39 is 0 Å². The van der Waals surface area contributed by atoms with Crippen LogP contribution < -0.4 is 0 Å². The highest BCUT2D eigenvalue weighted by Gasteiger charge is 2.48. The fraction of sp³-hybridized carbons (Fsp3) is 0.607. The molecule has 2 unspecified atom stereocenters. The van der Waals surface area contributed by atoms with Crippen LogP contribution >= 0.6 is 0 Å². The summed E-state index contributed by atoms with van der Waals surface area (Å²) in [4.78, 5) is 4.84. The summed E-state index contributed by atoms with van der Waals surface area (Å²) >= 11 is 0. The van der Waals surface area contributed by atoms with Gasteiger partial charge >= 0.3 is 0 Å². The zero-order valence-electron chi connectivity index (χ0n) is 18.8. The summed E-state index contributed by atoms with van der Waals surface area (Å²) in [6, 6.07) is 15.0. The Hall–Kier alpha value is -1.71. The van der Waals surface area contributed by atoms with Crippen molar-refractivity contribution >= 4 is 0 Å². The van der Waals surface area contributed by atoms with Crippen LogP contribution in [0.2, 0.25) is 0 Å². The molecule has 2 heterocycles. The number of ether oxygens (including phenoxy) is 1. The molecule has 0 radical (unpaired) electrons. The topological polar surface area (TPSA) is 42.4 Å². The van der Waals surface area contributed by atoms with Crippen LogP contribution in [0, 0.1) is 0 Å². The second kappa shape index (κ2) is 9.03. The Bertz CT molecular complexity index is 860. The molecule has 3 atom stereocenters. The van der Waals surface area contributed by atoms with E-state index >= 15 is 0 Å². The monoisotopic (exact) mass is 419 g/mol. The van der Waals surface area contributed by atoms with Gasteiger partial charge in [0.1, 0.15) is 0 Å². The highest BCUT2D eigenvalue weighted by molar-refractivity contribution is 5.36. The van der Waals surface area contributed by atoms with E-state index in [4.69, 9.17) is 9.72 Å². The van der Waals surface area contributed by atoms with Gasteiger partial charge in [0, 0.05) is 29.8 Å². The van der Waals surface area contributed by atoms with Gasteiger partial charge < -0.3 is 9.84 Å². The van der Waals surface area contributed by atoms with E-state index in [1.54, 1.807) is 0 Å². The summed E-state index contributed by atoms with van der Waals surface area (Å²) in [5, 5.41) is 10.6. The van der Waals surface area contributed by atoms with Crippen molar-refractivity contribution in [2.75, 3.05) is 6.61 Å². The van der Waals surface area contributed by atoms with Gasteiger partial charge in [-0.25, -0.2) is 0 Å². The van der Waals surface area contributed by atoms with Crippen LogP contribution in [0.25, 0.3) is 0 Å². The number of nitrogens with zero attached hydrogens (tertiary/aromatic N) is 1. The van der Waals surface area contributed by atoms with Crippen molar-refractivity contribution in [2.45, 2.75) is 100 Å². The maximum Gasteiger partial charge on any atom is 0.0691 e. The van der Waals surface area contributed by atoms with Gasteiger partial charge in [-0.1, -0.05) is 62.4 Å². The Kier molecular flexibility index (Phi) is 6.16. The van der Waals surface area contributed by atoms with Crippen molar-refractivity contribution < 1.29 is 9.84 Å². The van der Waals surface area contributed by atoms with E-state index in [9.17, 15) is 5.11 Å². The van der Waals surface area contributed by atoms with Gasteiger partial charge in [-0.2, -0.15) is 0 Å². The van der Waals surface area contributed by atoms with Crippen molar-refractivity contribution in [3.8, 4) is 0 Å². The van der Waals surface area contributed by atoms with Gasteiger partial charge in [-0.05, 0) is 68.2 Å². The molecule has 2 fully saturated rings. The summed E-state index contributed by atoms with van der Waals surface area (Å²) in [5.41, 5.74) is 4.28. The number of aliphatic hydroxyl groups excluding tert-OH is 1. The number of hydrogen-bond acceptors (Lipinski definition) is 3. The Morgan fingerprint density at radius 3 is 2.65 bits per heavy atom. The highest BCUT2D eigenvalue weighted by Crippen LogP contribution is 2.50. The van der Waals surface area contributed by atoms with Gasteiger partial charge in [0.2, 0.25) is 0 Å². The molecule has 2 aliphatic carbocycles. The molecule has 1 aromatic carbocycles. The minimum atomic E-state index is -0.199. The largest absolute Gasteiger partial charge is 0.392 e. The van der Waals surface area contributed by atoms with Crippen molar-refractivity contribution in [1.82, 2.24) is 4.98 Å². The van der Waals surface area contributed by atoms with E-state index in [0.29, 0.717) is 5.92 Å². The third-order valence-electron chi connectivity index (χ3n) is 8.39. The van der Waals surface area contributed by atoms with E-state index in [0.717, 1.165) is 32.3 Å². The average molecular weight is 420 g/mol. The molecule has 3 heteroatoms. The first kappa shape index (κ1) is 21.2. The van der Waals surface area contributed by atoms with Gasteiger partial charge in [-0.15, -0.1) is 0 Å². The molecule has 3 nitrogen and oxygen atoms in total. The van der Waals surface area contributed by atoms with Crippen molar-refractivity contribution in [1.29, 1.82) is 0 Å². The third-order valence-corrected chi connectivity index (χ3v) is 8.39. The molecule has 1 saturated heterocycles. The zero-order chi connectivity index (χ0) is 21.2. The Balaban J connectivity index is 1.21. The lowest BCUT2D eigenvalue weighted by molar-refractivity contribution is -0.104. The van der Waals surface area contributed by atoms with Crippen LogP contribution in [0.15, 0.2) is 48.7 Å². The summed E-state index contributed by atoms with van der Waals surface area (Å²) in [5.74, 6) is 0.325. The van der Waals surface area contributed by atoms with Gasteiger partial charge in [0.15, 0.2) is 0 Å². The quantitative estimate of drug-likeness (QED) is 0.552. The molecule has 1 spiro atoms. The zero-order valence-corrected chi connectivity index (χ0v) is 18.8. The molecule has 166 valence electrons. The maximum absolute atomic E-state index is 10.6. The fourth-order valence-corrected chi connectivity index (χ4v) is 6.80. The van der Waals surface area contributed by atoms with Crippen LogP contribution in [0.1, 0.15) is 93.4 Å². The first-order valence-corrected chi connectivity index (χ1v) is 12.5. The van der Waals surface area contributed by atoms with Crippen molar-refractivity contribution in [3.63, 3.8) is 0 Å². The molecule has 5 rings (SSSR count). The highest BCUT2D eigenvalue weighted by atomic mass is 16.5. The first-order valence-electron chi connectivity index (χ1n) is 12.5.